The molecule has 3 N–H and O–H groups in total. The number of nitrogens with one attached hydrogen (secondary N) is 1. The molecule has 1 saturated carbocycles. The lowest BCUT2D eigenvalue weighted by Crippen LogP contribution is -2.54. The number of aliphatic hydroxyl groups is 2. The van der Waals surface area contributed by atoms with Crippen LogP contribution in [0.1, 0.15) is 70.4 Å². The van der Waals surface area contributed by atoms with Crippen molar-refractivity contribution in [2.45, 2.75) is 68.6 Å². The van der Waals surface area contributed by atoms with Crippen molar-refractivity contribution < 1.29 is 54.9 Å². The molecule has 16 heteroatoms. The zero-order valence-corrected chi connectivity index (χ0v) is 21.5. The topological polar surface area (TPSA) is 103 Å². The molecule has 2 heterocycles. The SMILES string of the molecule is CC1CCCN1C(=O)c1nc(C(=O)NCC2(O)CC2)sc1-c1ccc(C(O)(C(F)(F)F)C(F)(F)F)cc1C(F)F. The Morgan fingerprint density at radius 3 is 2.30 bits per heavy atom. The van der Waals surface area contributed by atoms with Crippen LogP contribution >= 0.6 is 11.3 Å². The molecule has 0 bridgehead atoms. The summed E-state index contributed by atoms with van der Waals surface area (Å²) in [7, 11) is 0. The van der Waals surface area contributed by atoms with Crippen molar-refractivity contribution in [1.82, 2.24) is 15.2 Å². The maximum Gasteiger partial charge on any atom is 0.430 e. The van der Waals surface area contributed by atoms with Gasteiger partial charge in [0.15, 0.2) is 5.01 Å². The van der Waals surface area contributed by atoms with Gasteiger partial charge in [-0.25, -0.2) is 13.8 Å². The number of rotatable bonds is 7. The van der Waals surface area contributed by atoms with Crippen LogP contribution in [-0.2, 0) is 5.60 Å². The smallest absolute Gasteiger partial charge is 0.388 e. The Morgan fingerprint density at radius 2 is 1.80 bits per heavy atom. The molecule has 1 atom stereocenters. The fraction of sp³-hybridized carbons (Fsp3) is 0.542. The highest BCUT2D eigenvalue weighted by molar-refractivity contribution is 7.17. The number of halogens is 8. The van der Waals surface area contributed by atoms with Crippen molar-refractivity contribution >= 4 is 23.2 Å². The summed E-state index contributed by atoms with van der Waals surface area (Å²) in [4.78, 5) is 31.1. The Bertz CT molecular complexity index is 1290. The van der Waals surface area contributed by atoms with Crippen molar-refractivity contribution in [1.29, 1.82) is 0 Å². The van der Waals surface area contributed by atoms with E-state index in [0.717, 1.165) is 0 Å². The number of carbonyl (C=O) groups excluding carboxylic acids is 2. The predicted octanol–water partition coefficient (Wildman–Crippen LogP) is 4.94. The first kappa shape index (κ1) is 30.1. The zero-order valence-electron chi connectivity index (χ0n) is 20.7. The number of carbonyl (C=O) groups is 2. The highest BCUT2D eigenvalue weighted by Gasteiger charge is 2.71. The minimum absolute atomic E-state index is 0.115. The summed E-state index contributed by atoms with van der Waals surface area (Å²) >= 11 is 0.443. The third-order valence-corrected chi connectivity index (χ3v) is 8.10. The average Bonchev–Trinajstić information content (AvgIpc) is 3.24. The van der Waals surface area contributed by atoms with Gasteiger partial charge in [0.25, 0.3) is 23.8 Å². The molecule has 220 valence electrons. The average molecular weight is 602 g/mol. The largest absolute Gasteiger partial charge is 0.430 e. The van der Waals surface area contributed by atoms with Crippen LogP contribution < -0.4 is 5.32 Å². The Morgan fingerprint density at radius 1 is 1.18 bits per heavy atom. The van der Waals surface area contributed by atoms with E-state index >= 15 is 0 Å². The lowest BCUT2D eigenvalue weighted by Gasteiger charge is -2.33. The monoisotopic (exact) mass is 601 g/mol. The molecule has 1 saturated heterocycles. The maximum atomic E-state index is 14.1. The second-order valence-electron chi connectivity index (χ2n) is 9.90. The van der Waals surface area contributed by atoms with Crippen molar-refractivity contribution in [2.24, 2.45) is 0 Å². The summed E-state index contributed by atoms with van der Waals surface area (Å²) in [5.41, 5.74) is -10.9. The lowest BCUT2D eigenvalue weighted by atomic mass is 9.89. The van der Waals surface area contributed by atoms with E-state index in [9.17, 15) is 54.9 Å². The van der Waals surface area contributed by atoms with Gasteiger partial charge in [-0.05, 0) is 38.7 Å². The molecule has 2 aromatic rings. The molecule has 40 heavy (non-hydrogen) atoms. The Labute approximate surface area is 225 Å². The Kier molecular flexibility index (Phi) is 7.68. The summed E-state index contributed by atoms with van der Waals surface area (Å²) in [5.74, 6) is -1.62. The van der Waals surface area contributed by atoms with Gasteiger partial charge in [-0.1, -0.05) is 12.1 Å². The summed E-state index contributed by atoms with van der Waals surface area (Å²) in [6.07, 6.45) is -14.2. The molecule has 2 amide bonds. The molecule has 1 unspecified atom stereocenters. The van der Waals surface area contributed by atoms with Gasteiger partial charge in [-0.2, -0.15) is 26.3 Å². The van der Waals surface area contributed by atoms with E-state index in [1.807, 2.05) is 0 Å². The van der Waals surface area contributed by atoms with Gasteiger partial charge in [-0.3, -0.25) is 9.59 Å². The molecule has 1 aromatic carbocycles. The second kappa shape index (κ2) is 10.2. The summed E-state index contributed by atoms with van der Waals surface area (Å²) < 4.78 is 109. The molecule has 0 spiro atoms. The van der Waals surface area contributed by atoms with E-state index < -0.39 is 64.2 Å². The van der Waals surface area contributed by atoms with Crippen molar-refractivity contribution in [3.63, 3.8) is 0 Å². The number of hydrogen-bond donors (Lipinski definition) is 3. The number of nitrogens with zero attached hydrogens (tertiary/aromatic N) is 2. The molecule has 1 aliphatic heterocycles. The van der Waals surface area contributed by atoms with Gasteiger partial charge < -0.3 is 20.4 Å². The standard InChI is InChI=1S/C24H23F8N3O4S/c1-11-3-2-8-35(11)20(37)15-16(40-19(34-15)18(36)33-10-21(38)6-7-21)13-5-4-12(9-14(13)17(25)26)22(39,23(27,28)29)24(30,31)32/h4-5,9,11,17,38-39H,2-3,6-8,10H2,1H3,(H,33,36). The third kappa shape index (κ3) is 5.40. The number of alkyl halides is 8. The van der Waals surface area contributed by atoms with Crippen LogP contribution in [0.5, 0.6) is 0 Å². The van der Waals surface area contributed by atoms with Gasteiger partial charge in [-0.15, -0.1) is 11.3 Å². The first-order valence-electron chi connectivity index (χ1n) is 12.0. The van der Waals surface area contributed by atoms with E-state index in [-0.39, 0.29) is 41.1 Å². The van der Waals surface area contributed by atoms with Gasteiger partial charge in [0.05, 0.1) is 10.5 Å². The molecular formula is C24H23F8N3O4S. The van der Waals surface area contributed by atoms with E-state index in [4.69, 9.17) is 0 Å². The minimum atomic E-state index is -6.31. The molecule has 1 aliphatic carbocycles. The van der Waals surface area contributed by atoms with Crippen LogP contribution in [0.25, 0.3) is 10.4 Å². The van der Waals surface area contributed by atoms with Crippen LogP contribution in [0.2, 0.25) is 0 Å². The van der Waals surface area contributed by atoms with Crippen LogP contribution in [-0.4, -0.2) is 69.0 Å². The number of amides is 2. The van der Waals surface area contributed by atoms with Crippen molar-refractivity contribution in [2.75, 3.05) is 13.1 Å². The quantitative estimate of drug-likeness (QED) is 0.391. The second-order valence-corrected chi connectivity index (χ2v) is 10.9. The van der Waals surface area contributed by atoms with Gasteiger partial charge in [0, 0.05) is 35.8 Å². The predicted molar refractivity (Wildman–Crippen MR) is 125 cm³/mol. The fourth-order valence-electron chi connectivity index (χ4n) is 4.42. The molecule has 4 rings (SSSR count). The number of aromatic nitrogens is 1. The Hall–Kier alpha value is -2.85. The van der Waals surface area contributed by atoms with E-state index in [1.54, 1.807) is 6.92 Å². The first-order chi connectivity index (χ1) is 18.4. The number of hydrogen-bond acceptors (Lipinski definition) is 6. The molecule has 2 aliphatic rings. The summed E-state index contributed by atoms with van der Waals surface area (Å²) in [6.45, 7) is 1.84. The molecule has 7 nitrogen and oxygen atoms in total. The van der Waals surface area contributed by atoms with Crippen molar-refractivity contribution in [3.8, 4) is 10.4 Å². The van der Waals surface area contributed by atoms with E-state index in [1.165, 1.54) is 4.90 Å². The van der Waals surface area contributed by atoms with E-state index in [2.05, 4.69) is 10.3 Å². The first-order valence-corrected chi connectivity index (χ1v) is 12.8. The third-order valence-electron chi connectivity index (χ3n) is 7.01. The van der Waals surface area contributed by atoms with Crippen LogP contribution in [0.3, 0.4) is 0 Å². The summed E-state index contributed by atoms with van der Waals surface area (Å²) in [6, 6.07) is 0.298. The highest BCUT2D eigenvalue weighted by atomic mass is 32.1. The molecule has 0 radical (unpaired) electrons. The molecule has 1 aromatic heterocycles. The fourth-order valence-corrected chi connectivity index (χ4v) is 5.44. The summed E-state index contributed by atoms with van der Waals surface area (Å²) in [5, 5.41) is 21.7. The Balaban J connectivity index is 1.84. The van der Waals surface area contributed by atoms with Gasteiger partial charge in [0.2, 0.25) is 0 Å². The van der Waals surface area contributed by atoms with Crippen molar-refractivity contribution in [3.05, 3.63) is 40.0 Å². The van der Waals surface area contributed by atoms with Crippen LogP contribution in [0, 0.1) is 0 Å². The number of thiazole rings is 1. The normalized spacial score (nSPS) is 19.3. The minimum Gasteiger partial charge on any atom is -0.388 e. The van der Waals surface area contributed by atoms with Crippen LogP contribution in [0.4, 0.5) is 35.1 Å². The van der Waals surface area contributed by atoms with Gasteiger partial charge >= 0.3 is 12.4 Å². The van der Waals surface area contributed by atoms with Gasteiger partial charge in [0.1, 0.15) is 5.69 Å². The number of likely N-dealkylation sites (tertiary alicyclic amines) is 1. The maximum absolute atomic E-state index is 14.1. The molecule has 2 fully saturated rings. The zero-order chi connectivity index (χ0) is 29.8. The number of benzene rings is 1. The van der Waals surface area contributed by atoms with Crippen LogP contribution in [0.15, 0.2) is 18.2 Å². The highest BCUT2D eigenvalue weighted by Crippen LogP contribution is 2.51. The van der Waals surface area contributed by atoms with E-state index in [0.29, 0.717) is 43.1 Å². The lowest BCUT2D eigenvalue weighted by molar-refractivity contribution is -0.376. The molecular weight excluding hydrogens is 578 g/mol.